The number of ether oxygens (including phenoxy) is 3. The van der Waals surface area contributed by atoms with Crippen LogP contribution in [0.1, 0.15) is 46.5 Å². The summed E-state index contributed by atoms with van der Waals surface area (Å²) < 4.78 is 16.7. The Bertz CT molecular complexity index is 619. The predicted molar refractivity (Wildman–Crippen MR) is 83.3 cm³/mol. The van der Waals surface area contributed by atoms with Crippen molar-refractivity contribution in [3.63, 3.8) is 0 Å². The summed E-state index contributed by atoms with van der Waals surface area (Å²) in [6.45, 7) is 9.62. The lowest BCUT2D eigenvalue weighted by atomic mass is 9.55. The molecule has 0 saturated heterocycles. The summed E-state index contributed by atoms with van der Waals surface area (Å²) >= 11 is 0. The van der Waals surface area contributed by atoms with Crippen molar-refractivity contribution in [2.75, 3.05) is 7.11 Å². The quantitative estimate of drug-likeness (QED) is 0.578. The highest BCUT2D eigenvalue weighted by atomic mass is 16.7. The van der Waals surface area contributed by atoms with Gasteiger partial charge >= 0.3 is 11.9 Å². The maximum absolute atomic E-state index is 12.1. The lowest BCUT2D eigenvalue weighted by molar-refractivity contribution is -0.217. The van der Waals surface area contributed by atoms with Crippen LogP contribution in [0.4, 0.5) is 0 Å². The monoisotopic (exact) mass is 320 g/mol. The lowest BCUT2D eigenvalue weighted by Crippen LogP contribution is -2.51. The van der Waals surface area contributed by atoms with Gasteiger partial charge in [0, 0.05) is 31.6 Å². The summed E-state index contributed by atoms with van der Waals surface area (Å²) in [5.74, 6) is -1.35. The van der Waals surface area contributed by atoms with Crippen molar-refractivity contribution in [1.29, 1.82) is 0 Å². The van der Waals surface area contributed by atoms with Crippen molar-refractivity contribution in [2.24, 2.45) is 11.3 Å². The number of rotatable bonds is 2. The van der Waals surface area contributed by atoms with Crippen molar-refractivity contribution in [3.05, 3.63) is 23.3 Å². The molecule has 4 unspecified atom stereocenters. The Balaban J connectivity index is 1.95. The number of carbonyl (C=O) groups is 2. The van der Waals surface area contributed by atoms with Crippen LogP contribution < -0.4 is 0 Å². The number of hydrogen-bond donors (Lipinski definition) is 0. The minimum Gasteiger partial charge on any atom is -0.458 e. The molecule has 2 aliphatic carbocycles. The zero-order valence-electron chi connectivity index (χ0n) is 14.2. The molecule has 0 aromatic heterocycles. The third-order valence-electron chi connectivity index (χ3n) is 5.84. The molecule has 1 heterocycles. The normalized spacial score (nSPS) is 39.7. The van der Waals surface area contributed by atoms with E-state index in [0.29, 0.717) is 18.4 Å². The van der Waals surface area contributed by atoms with E-state index in [2.05, 4.69) is 13.5 Å². The van der Waals surface area contributed by atoms with Gasteiger partial charge in [0.1, 0.15) is 6.10 Å². The Labute approximate surface area is 136 Å². The van der Waals surface area contributed by atoms with Crippen molar-refractivity contribution < 1.29 is 23.8 Å². The molecule has 0 aromatic carbocycles. The fourth-order valence-electron chi connectivity index (χ4n) is 4.54. The standard InChI is InChI=1S/C18H24O5/c1-10-13-8-14-11(2)16(20)23-18(14,21-5)9-17(13,4)7-6-15(10)22-12(3)19/h13,15H,1,6-9H2,2-5H3. The maximum Gasteiger partial charge on any atom is 0.336 e. The number of esters is 2. The smallest absolute Gasteiger partial charge is 0.336 e. The molecule has 0 N–H and O–H groups in total. The van der Waals surface area contributed by atoms with Gasteiger partial charge in [-0.05, 0) is 43.1 Å². The molecule has 0 amide bonds. The zero-order chi connectivity index (χ0) is 17.0. The predicted octanol–water partition coefficient (Wildman–Crippen LogP) is 2.90. The van der Waals surface area contributed by atoms with E-state index in [1.165, 1.54) is 6.92 Å². The van der Waals surface area contributed by atoms with Crippen molar-refractivity contribution in [1.82, 2.24) is 0 Å². The lowest BCUT2D eigenvalue weighted by Gasteiger charge is -2.53. The van der Waals surface area contributed by atoms with Crippen LogP contribution in [0.25, 0.3) is 0 Å². The number of carbonyl (C=O) groups excluding carboxylic acids is 2. The average molecular weight is 320 g/mol. The first-order valence-corrected chi connectivity index (χ1v) is 8.07. The van der Waals surface area contributed by atoms with E-state index in [9.17, 15) is 9.59 Å². The Morgan fingerprint density at radius 1 is 1.43 bits per heavy atom. The molecule has 5 heteroatoms. The first kappa shape index (κ1) is 16.2. The first-order chi connectivity index (χ1) is 10.7. The Hall–Kier alpha value is -1.62. The molecule has 0 spiro atoms. The molecule has 1 aliphatic heterocycles. The van der Waals surface area contributed by atoms with Gasteiger partial charge in [-0.25, -0.2) is 4.79 Å². The van der Waals surface area contributed by atoms with Crippen LogP contribution >= 0.6 is 0 Å². The number of hydrogen-bond acceptors (Lipinski definition) is 5. The molecule has 0 aromatic rings. The summed E-state index contributed by atoms with van der Waals surface area (Å²) in [6, 6.07) is 0. The molecule has 5 nitrogen and oxygen atoms in total. The van der Waals surface area contributed by atoms with Gasteiger partial charge < -0.3 is 14.2 Å². The highest BCUT2D eigenvalue weighted by Crippen LogP contribution is 2.59. The van der Waals surface area contributed by atoms with Gasteiger partial charge in [-0.15, -0.1) is 0 Å². The topological polar surface area (TPSA) is 61.8 Å². The van der Waals surface area contributed by atoms with Gasteiger partial charge in [-0.3, -0.25) is 4.79 Å². The van der Waals surface area contributed by atoms with E-state index in [4.69, 9.17) is 14.2 Å². The Kier molecular flexibility index (Phi) is 3.67. The summed E-state index contributed by atoms with van der Waals surface area (Å²) in [7, 11) is 1.59. The highest BCUT2D eigenvalue weighted by molar-refractivity contribution is 5.92. The summed E-state index contributed by atoms with van der Waals surface area (Å²) in [4.78, 5) is 23.4. The van der Waals surface area contributed by atoms with E-state index in [1.807, 2.05) is 0 Å². The highest BCUT2D eigenvalue weighted by Gasteiger charge is 2.59. The molecular formula is C18H24O5. The van der Waals surface area contributed by atoms with E-state index in [-0.39, 0.29) is 29.4 Å². The number of methoxy groups -OCH3 is 1. The Morgan fingerprint density at radius 3 is 2.74 bits per heavy atom. The second-order valence-electron chi connectivity index (χ2n) is 7.25. The second kappa shape index (κ2) is 5.20. The fourth-order valence-corrected chi connectivity index (χ4v) is 4.54. The molecular weight excluding hydrogens is 296 g/mol. The van der Waals surface area contributed by atoms with Crippen LogP contribution in [0.15, 0.2) is 23.3 Å². The van der Waals surface area contributed by atoms with Gasteiger partial charge in [0.25, 0.3) is 0 Å². The second-order valence-corrected chi connectivity index (χ2v) is 7.25. The molecule has 3 rings (SSSR count). The van der Waals surface area contributed by atoms with Crippen molar-refractivity contribution >= 4 is 11.9 Å². The van der Waals surface area contributed by atoms with Gasteiger partial charge in [-0.2, -0.15) is 0 Å². The van der Waals surface area contributed by atoms with Crippen LogP contribution in [0.5, 0.6) is 0 Å². The van der Waals surface area contributed by atoms with Crippen molar-refractivity contribution in [3.8, 4) is 0 Å². The molecule has 0 bridgehead atoms. The summed E-state index contributed by atoms with van der Waals surface area (Å²) in [5.41, 5.74) is 2.41. The fraction of sp³-hybridized carbons (Fsp3) is 0.667. The third-order valence-corrected chi connectivity index (χ3v) is 5.84. The van der Waals surface area contributed by atoms with Crippen LogP contribution in [-0.4, -0.2) is 30.9 Å². The molecule has 23 heavy (non-hydrogen) atoms. The molecule has 2 fully saturated rings. The number of fused-ring (bicyclic) bond motifs is 2. The van der Waals surface area contributed by atoms with E-state index in [0.717, 1.165) is 24.0 Å². The van der Waals surface area contributed by atoms with Gasteiger partial charge in [0.05, 0.1) is 0 Å². The van der Waals surface area contributed by atoms with Crippen LogP contribution in [0.3, 0.4) is 0 Å². The van der Waals surface area contributed by atoms with Crippen LogP contribution in [0, 0.1) is 11.3 Å². The summed E-state index contributed by atoms with van der Waals surface area (Å²) in [5, 5.41) is 0. The molecule has 3 aliphatic rings. The average Bonchev–Trinajstić information content (AvgIpc) is 2.72. The maximum atomic E-state index is 12.1. The van der Waals surface area contributed by atoms with E-state index in [1.54, 1.807) is 14.0 Å². The zero-order valence-corrected chi connectivity index (χ0v) is 14.2. The molecule has 2 saturated carbocycles. The van der Waals surface area contributed by atoms with Gasteiger partial charge in [0.2, 0.25) is 5.79 Å². The Morgan fingerprint density at radius 2 is 2.13 bits per heavy atom. The van der Waals surface area contributed by atoms with Gasteiger partial charge in [0.15, 0.2) is 0 Å². The minimum absolute atomic E-state index is 0.0852. The van der Waals surface area contributed by atoms with Crippen molar-refractivity contribution in [2.45, 2.75) is 58.3 Å². The molecule has 0 radical (unpaired) electrons. The van der Waals surface area contributed by atoms with Gasteiger partial charge in [-0.1, -0.05) is 13.5 Å². The SMILES string of the molecule is C=C1C(OC(C)=O)CCC2(C)CC3(OC)OC(=O)C(C)=C3CC12. The molecule has 126 valence electrons. The van der Waals surface area contributed by atoms with Crippen LogP contribution in [0.2, 0.25) is 0 Å². The van der Waals surface area contributed by atoms with E-state index >= 15 is 0 Å². The van der Waals surface area contributed by atoms with E-state index < -0.39 is 5.79 Å². The first-order valence-electron chi connectivity index (χ1n) is 8.07. The third kappa shape index (κ3) is 2.33. The van der Waals surface area contributed by atoms with Crippen LogP contribution in [-0.2, 0) is 23.8 Å². The largest absolute Gasteiger partial charge is 0.458 e. The molecule has 4 atom stereocenters. The minimum atomic E-state index is -0.930. The summed E-state index contributed by atoms with van der Waals surface area (Å²) in [6.07, 6.45) is 2.67.